The predicted octanol–water partition coefficient (Wildman–Crippen LogP) is 1.59. The molecule has 1 aliphatic heterocycles. The maximum atomic E-state index is 5.47. The number of nitrogens with zero attached hydrogens (tertiary/aromatic N) is 1. The van der Waals surface area contributed by atoms with E-state index in [4.69, 9.17) is 4.74 Å². The molecule has 96 valence electrons. The molecule has 0 aliphatic carbocycles. The summed E-state index contributed by atoms with van der Waals surface area (Å²) >= 11 is 0. The molecule has 0 aromatic rings. The molecule has 0 spiro atoms. The standard InChI is InChI=1S/C13H28N2O/c1-10(2)11(3)15(5)8-13(14-4)12-6-7-16-9-12/h10-14H,6-9H2,1-5H3. The Morgan fingerprint density at radius 3 is 2.50 bits per heavy atom. The lowest BCUT2D eigenvalue weighted by Crippen LogP contribution is -2.46. The first-order valence-corrected chi connectivity index (χ1v) is 6.51. The van der Waals surface area contributed by atoms with Crippen LogP contribution in [0.5, 0.6) is 0 Å². The minimum absolute atomic E-state index is 0.564. The summed E-state index contributed by atoms with van der Waals surface area (Å²) in [6, 6.07) is 1.20. The second-order valence-electron chi connectivity index (χ2n) is 5.44. The van der Waals surface area contributed by atoms with E-state index < -0.39 is 0 Å². The van der Waals surface area contributed by atoms with Crippen molar-refractivity contribution in [1.29, 1.82) is 0 Å². The van der Waals surface area contributed by atoms with Gasteiger partial charge in [0.05, 0.1) is 6.61 Å². The van der Waals surface area contributed by atoms with E-state index in [1.807, 2.05) is 0 Å². The number of nitrogens with one attached hydrogen (secondary N) is 1. The van der Waals surface area contributed by atoms with Gasteiger partial charge in [-0.1, -0.05) is 13.8 Å². The van der Waals surface area contributed by atoms with Crippen LogP contribution in [-0.2, 0) is 4.74 Å². The molecule has 0 amide bonds. The van der Waals surface area contributed by atoms with Crippen molar-refractivity contribution in [3.8, 4) is 0 Å². The van der Waals surface area contributed by atoms with Crippen LogP contribution in [0.15, 0.2) is 0 Å². The Morgan fingerprint density at radius 1 is 1.38 bits per heavy atom. The summed E-state index contributed by atoms with van der Waals surface area (Å²) in [5.41, 5.74) is 0. The quantitative estimate of drug-likeness (QED) is 0.747. The molecule has 1 aliphatic rings. The van der Waals surface area contributed by atoms with Crippen LogP contribution in [0.4, 0.5) is 0 Å². The lowest BCUT2D eigenvalue weighted by atomic mass is 9.97. The number of hydrogen-bond acceptors (Lipinski definition) is 3. The molecule has 3 unspecified atom stereocenters. The van der Waals surface area contributed by atoms with E-state index in [9.17, 15) is 0 Å². The summed E-state index contributed by atoms with van der Waals surface area (Å²) in [4.78, 5) is 2.46. The average Bonchev–Trinajstić information content (AvgIpc) is 2.77. The van der Waals surface area contributed by atoms with Crippen molar-refractivity contribution in [2.45, 2.75) is 39.3 Å². The van der Waals surface area contributed by atoms with Crippen molar-refractivity contribution < 1.29 is 4.74 Å². The molecule has 1 N–H and O–H groups in total. The molecule has 0 aromatic heterocycles. The number of ether oxygens (including phenoxy) is 1. The van der Waals surface area contributed by atoms with Gasteiger partial charge < -0.3 is 15.0 Å². The summed E-state index contributed by atoms with van der Waals surface area (Å²) in [6.45, 7) is 9.86. The van der Waals surface area contributed by atoms with Crippen LogP contribution in [0.25, 0.3) is 0 Å². The fourth-order valence-electron chi connectivity index (χ4n) is 2.33. The van der Waals surface area contributed by atoms with Gasteiger partial charge in [-0.2, -0.15) is 0 Å². The average molecular weight is 228 g/mol. The molecule has 0 saturated carbocycles. The zero-order chi connectivity index (χ0) is 12.1. The molecule has 0 aromatic carbocycles. The Morgan fingerprint density at radius 2 is 2.06 bits per heavy atom. The van der Waals surface area contributed by atoms with E-state index in [1.54, 1.807) is 0 Å². The van der Waals surface area contributed by atoms with E-state index in [2.05, 4.69) is 45.1 Å². The molecule has 0 bridgehead atoms. The van der Waals surface area contributed by atoms with Crippen molar-refractivity contribution in [1.82, 2.24) is 10.2 Å². The fourth-order valence-corrected chi connectivity index (χ4v) is 2.33. The van der Waals surface area contributed by atoms with E-state index in [0.717, 1.165) is 19.8 Å². The van der Waals surface area contributed by atoms with Gasteiger partial charge in [-0.05, 0) is 33.4 Å². The number of likely N-dealkylation sites (N-methyl/N-ethyl adjacent to an activating group) is 2. The van der Waals surface area contributed by atoms with Gasteiger partial charge in [0, 0.05) is 31.2 Å². The Balaban J connectivity index is 2.42. The molecule has 16 heavy (non-hydrogen) atoms. The maximum absolute atomic E-state index is 5.47. The minimum atomic E-state index is 0.564. The maximum Gasteiger partial charge on any atom is 0.0510 e. The summed E-state index contributed by atoms with van der Waals surface area (Å²) in [5.74, 6) is 1.40. The second-order valence-corrected chi connectivity index (χ2v) is 5.44. The second kappa shape index (κ2) is 6.58. The van der Waals surface area contributed by atoms with Crippen LogP contribution in [-0.4, -0.2) is 50.8 Å². The SMILES string of the molecule is CNC(CN(C)C(C)C(C)C)C1CCOC1. The predicted molar refractivity (Wildman–Crippen MR) is 68.7 cm³/mol. The van der Waals surface area contributed by atoms with Gasteiger partial charge in [0.1, 0.15) is 0 Å². The highest BCUT2D eigenvalue weighted by Gasteiger charge is 2.26. The van der Waals surface area contributed by atoms with Crippen LogP contribution < -0.4 is 5.32 Å². The van der Waals surface area contributed by atoms with Gasteiger partial charge >= 0.3 is 0 Å². The van der Waals surface area contributed by atoms with E-state index in [1.165, 1.54) is 6.42 Å². The van der Waals surface area contributed by atoms with Crippen LogP contribution in [0.2, 0.25) is 0 Å². The highest BCUT2D eigenvalue weighted by molar-refractivity contribution is 4.82. The monoisotopic (exact) mass is 228 g/mol. The topological polar surface area (TPSA) is 24.5 Å². The lowest BCUT2D eigenvalue weighted by molar-refractivity contribution is 0.148. The first-order chi connectivity index (χ1) is 7.56. The zero-order valence-electron chi connectivity index (χ0n) is 11.5. The van der Waals surface area contributed by atoms with Gasteiger partial charge in [0.15, 0.2) is 0 Å². The summed E-state index contributed by atoms with van der Waals surface area (Å²) in [7, 11) is 4.29. The number of hydrogen-bond donors (Lipinski definition) is 1. The van der Waals surface area contributed by atoms with E-state index in [0.29, 0.717) is 23.9 Å². The van der Waals surface area contributed by atoms with Gasteiger partial charge in [0.25, 0.3) is 0 Å². The van der Waals surface area contributed by atoms with Gasteiger partial charge in [0.2, 0.25) is 0 Å². The first kappa shape index (κ1) is 13.9. The highest BCUT2D eigenvalue weighted by Crippen LogP contribution is 2.18. The van der Waals surface area contributed by atoms with E-state index >= 15 is 0 Å². The molecule has 1 heterocycles. The molecular formula is C13H28N2O. The molecule has 1 fully saturated rings. The minimum Gasteiger partial charge on any atom is -0.381 e. The normalized spacial score (nSPS) is 25.3. The Kier molecular flexibility index (Phi) is 5.73. The molecule has 1 rings (SSSR count). The smallest absolute Gasteiger partial charge is 0.0510 e. The summed E-state index contributed by atoms with van der Waals surface area (Å²) in [5, 5.41) is 3.45. The van der Waals surface area contributed by atoms with Crippen molar-refractivity contribution in [3.63, 3.8) is 0 Å². The highest BCUT2D eigenvalue weighted by atomic mass is 16.5. The van der Waals surface area contributed by atoms with E-state index in [-0.39, 0.29) is 0 Å². The van der Waals surface area contributed by atoms with Crippen LogP contribution in [0.1, 0.15) is 27.2 Å². The zero-order valence-corrected chi connectivity index (χ0v) is 11.5. The van der Waals surface area contributed by atoms with Crippen molar-refractivity contribution in [3.05, 3.63) is 0 Å². The molecule has 3 nitrogen and oxygen atoms in total. The van der Waals surface area contributed by atoms with Crippen LogP contribution in [0, 0.1) is 11.8 Å². The van der Waals surface area contributed by atoms with Crippen LogP contribution >= 0.6 is 0 Å². The largest absolute Gasteiger partial charge is 0.381 e. The molecule has 3 atom stereocenters. The number of rotatable bonds is 6. The Labute approximate surface area is 101 Å². The summed E-state index contributed by atoms with van der Waals surface area (Å²) < 4.78 is 5.47. The van der Waals surface area contributed by atoms with Gasteiger partial charge in [-0.25, -0.2) is 0 Å². The molecule has 3 heteroatoms. The van der Waals surface area contributed by atoms with Crippen molar-refractivity contribution in [2.24, 2.45) is 11.8 Å². The third kappa shape index (κ3) is 3.72. The fraction of sp³-hybridized carbons (Fsp3) is 1.00. The summed E-state index contributed by atoms with van der Waals surface area (Å²) in [6.07, 6.45) is 1.20. The first-order valence-electron chi connectivity index (χ1n) is 6.51. The van der Waals surface area contributed by atoms with Gasteiger partial charge in [-0.15, -0.1) is 0 Å². The molecule has 1 saturated heterocycles. The van der Waals surface area contributed by atoms with Gasteiger partial charge in [-0.3, -0.25) is 0 Å². The van der Waals surface area contributed by atoms with Crippen molar-refractivity contribution in [2.75, 3.05) is 33.9 Å². The molecular weight excluding hydrogens is 200 g/mol. The molecule has 0 radical (unpaired) electrons. The lowest BCUT2D eigenvalue weighted by Gasteiger charge is -2.33. The third-order valence-electron chi connectivity index (χ3n) is 4.05. The third-order valence-corrected chi connectivity index (χ3v) is 4.05. The van der Waals surface area contributed by atoms with Crippen LogP contribution in [0.3, 0.4) is 0 Å². The Bertz CT molecular complexity index is 190. The Hall–Kier alpha value is -0.120. The van der Waals surface area contributed by atoms with Crippen molar-refractivity contribution >= 4 is 0 Å².